The van der Waals surface area contributed by atoms with E-state index in [1.54, 1.807) is 0 Å². The number of pyridine rings is 2. The van der Waals surface area contributed by atoms with Crippen LogP contribution in [-0.2, 0) is 0 Å². The molecule has 0 fully saturated rings. The SMILES string of the molecule is Cc1cccnc1C=Cc1cccc2ccc(-c3cccc4cccnc34)cc12. The van der Waals surface area contributed by atoms with Gasteiger partial charge in [0.15, 0.2) is 0 Å². The van der Waals surface area contributed by atoms with Crippen LogP contribution >= 0.6 is 0 Å². The summed E-state index contributed by atoms with van der Waals surface area (Å²) in [5.74, 6) is 0. The lowest BCUT2D eigenvalue weighted by Crippen LogP contribution is -1.87. The molecule has 2 nitrogen and oxygen atoms in total. The van der Waals surface area contributed by atoms with Crippen molar-refractivity contribution in [2.24, 2.45) is 0 Å². The van der Waals surface area contributed by atoms with Crippen LogP contribution in [0.4, 0.5) is 0 Å². The van der Waals surface area contributed by atoms with Crippen molar-refractivity contribution in [1.82, 2.24) is 9.97 Å². The van der Waals surface area contributed by atoms with Crippen molar-refractivity contribution < 1.29 is 0 Å². The predicted octanol–water partition coefficient (Wildman–Crippen LogP) is 6.93. The second kappa shape index (κ2) is 7.33. The molecule has 0 radical (unpaired) electrons. The molecule has 0 saturated heterocycles. The number of nitrogens with zero attached hydrogens (tertiary/aromatic N) is 2. The monoisotopic (exact) mass is 372 g/mol. The van der Waals surface area contributed by atoms with Gasteiger partial charge in [-0.05, 0) is 58.7 Å². The highest BCUT2D eigenvalue weighted by molar-refractivity contribution is 5.99. The molecule has 0 aliphatic carbocycles. The standard InChI is InChI=1S/C27H20N2/c1-19-6-4-16-28-26(19)15-14-21-8-2-7-20-12-13-23(18-25(20)21)24-11-3-9-22-10-5-17-29-27(22)24/h2-18H,1H3. The van der Waals surface area contributed by atoms with Crippen molar-refractivity contribution in [1.29, 1.82) is 0 Å². The molecule has 0 spiro atoms. The summed E-state index contributed by atoms with van der Waals surface area (Å²) in [6.45, 7) is 2.08. The Hall–Kier alpha value is -3.78. The highest BCUT2D eigenvalue weighted by Gasteiger charge is 2.07. The van der Waals surface area contributed by atoms with E-state index in [1.807, 2.05) is 24.5 Å². The van der Waals surface area contributed by atoms with Gasteiger partial charge in [0.25, 0.3) is 0 Å². The van der Waals surface area contributed by atoms with Gasteiger partial charge < -0.3 is 0 Å². The van der Waals surface area contributed by atoms with Crippen molar-refractivity contribution in [3.63, 3.8) is 0 Å². The molecule has 2 heterocycles. The Morgan fingerprint density at radius 1 is 0.690 bits per heavy atom. The molecule has 5 rings (SSSR count). The molecule has 3 aromatic carbocycles. The summed E-state index contributed by atoms with van der Waals surface area (Å²) in [7, 11) is 0. The molecule has 138 valence electrons. The first-order chi connectivity index (χ1) is 14.3. The van der Waals surface area contributed by atoms with E-state index in [-0.39, 0.29) is 0 Å². The minimum atomic E-state index is 0.999. The van der Waals surface area contributed by atoms with Crippen LogP contribution < -0.4 is 0 Å². The fraction of sp³-hybridized carbons (Fsp3) is 0.0370. The molecule has 0 saturated carbocycles. The van der Waals surface area contributed by atoms with Gasteiger partial charge in [0.1, 0.15) is 0 Å². The first kappa shape index (κ1) is 17.3. The molecule has 2 heteroatoms. The first-order valence-corrected chi connectivity index (χ1v) is 9.76. The van der Waals surface area contributed by atoms with Crippen LogP contribution in [0.15, 0.2) is 91.3 Å². The Morgan fingerprint density at radius 2 is 1.48 bits per heavy atom. The van der Waals surface area contributed by atoms with Gasteiger partial charge in [-0.15, -0.1) is 0 Å². The van der Waals surface area contributed by atoms with Crippen LogP contribution in [0, 0.1) is 6.92 Å². The molecule has 0 amide bonds. The summed E-state index contributed by atoms with van der Waals surface area (Å²) >= 11 is 0. The van der Waals surface area contributed by atoms with Gasteiger partial charge in [-0.25, -0.2) is 0 Å². The zero-order valence-corrected chi connectivity index (χ0v) is 16.2. The third-order valence-corrected chi connectivity index (χ3v) is 5.33. The summed E-state index contributed by atoms with van der Waals surface area (Å²) in [6.07, 6.45) is 7.94. The number of hydrogen-bond acceptors (Lipinski definition) is 2. The van der Waals surface area contributed by atoms with Gasteiger partial charge in [-0.3, -0.25) is 9.97 Å². The molecule has 5 aromatic rings. The molecule has 0 atom stereocenters. The minimum absolute atomic E-state index is 0.999. The lowest BCUT2D eigenvalue weighted by atomic mass is 9.96. The molecule has 0 bridgehead atoms. The number of aromatic nitrogens is 2. The lowest BCUT2D eigenvalue weighted by Gasteiger charge is -2.09. The Kier molecular flexibility index (Phi) is 4.38. The van der Waals surface area contributed by atoms with Crippen LogP contribution in [0.3, 0.4) is 0 Å². The third kappa shape index (κ3) is 3.30. The number of aryl methyl sites for hydroxylation is 1. The highest BCUT2D eigenvalue weighted by atomic mass is 14.7. The van der Waals surface area contributed by atoms with Gasteiger partial charge >= 0.3 is 0 Å². The largest absolute Gasteiger partial charge is 0.257 e. The Morgan fingerprint density at radius 3 is 2.41 bits per heavy atom. The fourth-order valence-corrected chi connectivity index (χ4v) is 3.79. The maximum Gasteiger partial charge on any atom is 0.0780 e. The van der Waals surface area contributed by atoms with Gasteiger partial charge in [-0.1, -0.05) is 66.7 Å². The van der Waals surface area contributed by atoms with Crippen LogP contribution in [0.1, 0.15) is 16.8 Å². The van der Waals surface area contributed by atoms with Gasteiger partial charge in [0.05, 0.1) is 11.2 Å². The highest BCUT2D eigenvalue weighted by Crippen LogP contribution is 2.31. The van der Waals surface area contributed by atoms with Crippen molar-refractivity contribution in [3.05, 3.63) is 108 Å². The number of hydrogen-bond donors (Lipinski definition) is 0. The summed E-state index contributed by atoms with van der Waals surface area (Å²) in [4.78, 5) is 9.10. The Labute approximate surface area is 170 Å². The predicted molar refractivity (Wildman–Crippen MR) is 123 cm³/mol. The van der Waals surface area contributed by atoms with E-state index in [2.05, 4.69) is 95.8 Å². The van der Waals surface area contributed by atoms with Crippen LogP contribution in [0.25, 0.3) is 45.0 Å². The molecule has 0 N–H and O–H groups in total. The maximum absolute atomic E-state index is 4.62. The third-order valence-electron chi connectivity index (χ3n) is 5.33. The topological polar surface area (TPSA) is 25.8 Å². The summed E-state index contributed by atoms with van der Waals surface area (Å²) in [5.41, 5.74) is 6.72. The quantitative estimate of drug-likeness (QED) is 0.343. The van der Waals surface area contributed by atoms with E-state index in [0.717, 1.165) is 22.2 Å². The Balaban J connectivity index is 1.65. The summed E-state index contributed by atoms with van der Waals surface area (Å²) in [5, 5.41) is 3.61. The van der Waals surface area contributed by atoms with E-state index in [4.69, 9.17) is 0 Å². The van der Waals surface area contributed by atoms with Crippen molar-refractivity contribution in [2.45, 2.75) is 6.92 Å². The minimum Gasteiger partial charge on any atom is -0.257 e. The Bertz CT molecular complexity index is 1360. The maximum atomic E-state index is 4.62. The second-order valence-corrected chi connectivity index (χ2v) is 7.20. The molecular weight excluding hydrogens is 352 g/mol. The molecule has 2 aromatic heterocycles. The van der Waals surface area contributed by atoms with Gasteiger partial charge in [0, 0.05) is 23.3 Å². The van der Waals surface area contributed by atoms with E-state index < -0.39 is 0 Å². The average Bonchev–Trinajstić information content (AvgIpc) is 2.78. The van der Waals surface area contributed by atoms with Crippen molar-refractivity contribution >= 4 is 33.8 Å². The molecule has 0 unspecified atom stereocenters. The molecule has 0 aliphatic rings. The van der Waals surface area contributed by atoms with E-state index in [1.165, 1.54) is 27.5 Å². The summed E-state index contributed by atoms with van der Waals surface area (Å²) in [6, 6.07) is 27.5. The number of benzene rings is 3. The number of rotatable bonds is 3. The normalized spacial score (nSPS) is 11.5. The summed E-state index contributed by atoms with van der Waals surface area (Å²) < 4.78 is 0. The smallest absolute Gasteiger partial charge is 0.0780 e. The van der Waals surface area contributed by atoms with E-state index in [0.29, 0.717) is 0 Å². The molecule has 29 heavy (non-hydrogen) atoms. The molecular formula is C27H20N2. The van der Waals surface area contributed by atoms with Crippen LogP contribution in [0.2, 0.25) is 0 Å². The lowest BCUT2D eigenvalue weighted by molar-refractivity contribution is 1.24. The van der Waals surface area contributed by atoms with Gasteiger partial charge in [0.2, 0.25) is 0 Å². The number of para-hydroxylation sites is 1. The van der Waals surface area contributed by atoms with Crippen LogP contribution in [-0.4, -0.2) is 9.97 Å². The van der Waals surface area contributed by atoms with Crippen molar-refractivity contribution in [3.8, 4) is 11.1 Å². The van der Waals surface area contributed by atoms with Crippen molar-refractivity contribution in [2.75, 3.05) is 0 Å². The molecule has 0 aliphatic heterocycles. The van der Waals surface area contributed by atoms with Gasteiger partial charge in [-0.2, -0.15) is 0 Å². The first-order valence-electron chi connectivity index (χ1n) is 9.76. The van der Waals surface area contributed by atoms with E-state index in [9.17, 15) is 0 Å². The zero-order chi connectivity index (χ0) is 19.6. The van der Waals surface area contributed by atoms with E-state index >= 15 is 0 Å². The zero-order valence-electron chi connectivity index (χ0n) is 16.2. The number of fused-ring (bicyclic) bond motifs is 2. The average molecular weight is 372 g/mol. The second-order valence-electron chi connectivity index (χ2n) is 7.20. The fourth-order valence-electron chi connectivity index (χ4n) is 3.79. The van der Waals surface area contributed by atoms with Crippen LogP contribution in [0.5, 0.6) is 0 Å².